The molecule has 0 spiro atoms. The molecule has 0 amide bonds. The maximum Gasteiger partial charge on any atom is 0.0210 e. The summed E-state index contributed by atoms with van der Waals surface area (Å²) in [5.74, 6) is 0. The van der Waals surface area contributed by atoms with Gasteiger partial charge in [0.05, 0.1) is 0 Å². The van der Waals surface area contributed by atoms with Crippen LogP contribution in [0.25, 0.3) is 0 Å². The third-order valence-corrected chi connectivity index (χ3v) is 4.92. The topological polar surface area (TPSA) is 18.5 Å². The Hall–Kier alpha value is -0.120. The number of hydrogen-bond donors (Lipinski definition) is 1. The lowest BCUT2D eigenvalue weighted by Gasteiger charge is -2.20. The number of nitrogens with one attached hydrogen (secondary N) is 1. The highest BCUT2D eigenvalue weighted by atomic mass is 15.3. The molecule has 0 aromatic carbocycles. The Morgan fingerprint density at radius 3 is 2.67 bits per heavy atom. The number of hydrogen-bond acceptors (Lipinski definition) is 3. The average molecular weight is 251 g/mol. The van der Waals surface area contributed by atoms with Crippen LogP contribution in [0.1, 0.15) is 45.4 Å². The van der Waals surface area contributed by atoms with E-state index in [1.807, 2.05) is 0 Å². The Labute approximate surface area is 112 Å². The Morgan fingerprint density at radius 1 is 1.17 bits per heavy atom. The van der Waals surface area contributed by atoms with Gasteiger partial charge in [0.15, 0.2) is 0 Å². The highest BCUT2D eigenvalue weighted by Gasteiger charge is 2.38. The summed E-state index contributed by atoms with van der Waals surface area (Å²) in [5.41, 5.74) is 0. The SMILES string of the molecule is CC1CC(NCCCN2CCCC2)CN1C1CC1. The Morgan fingerprint density at radius 2 is 1.94 bits per heavy atom. The monoisotopic (exact) mass is 251 g/mol. The minimum atomic E-state index is 0.763. The lowest BCUT2D eigenvalue weighted by molar-refractivity contribution is 0.254. The zero-order valence-corrected chi connectivity index (χ0v) is 11.9. The van der Waals surface area contributed by atoms with Gasteiger partial charge in [-0.25, -0.2) is 0 Å². The summed E-state index contributed by atoms with van der Waals surface area (Å²) in [6, 6.07) is 2.52. The molecule has 18 heavy (non-hydrogen) atoms. The predicted molar refractivity (Wildman–Crippen MR) is 75.9 cm³/mol. The van der Waals surface area contributed by atoms with E-state index in [0.29, 0.717) is 0 Å². The molecule has 2 saturated heterocycles. The molecular formula is C15H29N3. The number of rotatable bonds is 6. The summed E-state index contributed by atoms with van der Waals surface area (Å²) < 4.78 is 0. The van der Waals surface area contributed by atoms with Gasteiger partial charge >= 0.3 is 0 Å². The van der Waals surface area contributed by atoms with Gasteiger partial charge in [0.2, 0.25) is 0 Å². The van der Waals surface area contributed by atoms with Crippen molar-refractivity contribution in [3.8, 4) is 0 Å². The molecule has 2 aliphatic heterocycles. The van der Waals surface area contributed by atoms with Gasteiger partial charge < -0.3 is 10.2 Å². The molecule has 3 rings (SSSR count). The highest BCUT2D eigenvalue weighted by molar-refractivity contribution is 4.95. The largest absolute Gasteiger partial charge is 0.313 e. The standard InChI is InChI=1S/C15H29N3/c1-13-11-14(12-18(13)15-5-6-15)16-7-4-10-17-8-2-3-9-17/h13-16H,2-12H2,1H3. The van der Waals surface area contributed by atoms with E-state index >= 15 is 0 Å². The molecule has 3 nitrogen and oxygen atoms in total. The molecule has 2 atom stereocenters. The van der Waals surface area contributed by atoms with Crippen LogP contribution in [0.2, 0.25) is 0 Å². The molecule has 2 heterocycles. The second-order valence-corrected chi connectivity index (χ2v) is 6.57. The molecule has 0 aromatic rings. The minimum absolute atomic E-state index is 0.763. The fourth-order valence-corrected chi connectivity index (χ4v) is 3.73. The Balaban J connectivity index is 1.29. The molecule has 0 bridgehead atoms. The third-order valence-electron chi connectivity index (χ3n) is 4.92. The number of nitrogens with zero attached hydrogens (tertiary/aromatic N) is 2. The van der Waals surface area contributed by atoms with Gasteiger partial charge in [-0.05, 0) is 71.6 Å². The highest BCUT2D eigenvalue weighted by Crippen LogP contribution is 2.33. The first-order chi connectivity index (χ1) is 8.83. The maximum atomic E-state index is 3.78. The van der Waals surface area contributed by atoms with Gasteiger partial charge in [0, 0.05) is 24.7 Å². The fourth-order valence-electron chi connectivity index (χ4n) is 3.73. The summed E-state index contributed by atoms with van der Waals surface area (Å²) in [4.78, 5) is 5.35. The normalized spacial score (nSPS) is 34.5. The fraction of sp³-hybridized carbons (Fsp3) is 1.00. The van der Waals surface area contributed by atoms with Crippen LogP contribution in [0.3, 0.4) is 0 Å². The van der Waals surface area contributed by atoms with Crippen LogP contribution in [0.15, 0.2) is 0 Å². The lowest BCUT2D eigenvalue weighted by Crippen LogP contribution is -2.35. The van der Waals surface area contributed by atoms with Crippen molar-refractivity contribution in [1.82, 2.24) is 15.1 Å². The molecule has 1 N–H and O–H groups in total. The van der Waals surface area contributed by atoms with Gasteiger partial charge in [-0.3, -0.25) is 4.90 Å². The van der Waals surface area contributed by atoms with Crippen LogP contribution >= 0.6 is 0 Å². The summed E-state index contributed by atoms with van der Waals surface area (Å²) >= 11 is 0. The van der Waals surface area contributed by atoms with Gasteiger partial charge in [-0.2, -0.15) is 0 Å². The Kier molecular flexibility index (Phi) is 4.22. The predicted octanol–water partition coefficient (Wildman–Crippen LogP) is 1.69. The van der Waals surface area contributed by atoms with Crippen molar-refractivity contribution >= 4 is 0 Å². The second kappa shape index (κ2) is 5.89. The smallest absolute Gasteiger partial charge is 0.0210 e. The van der Waals surface area contributed by atoms with Gasteiger partial charge in [0.1, 0.15) is 0 Å². The molecule has 1 saturated carbocycles. The van der Waals surface area contributed by atoms with Crippen LogP contribution < -0.4 is 5.32 Å². The molecule has 3 fully saturated rings. The molecular weight excluding hydrogens is 222 g/mol. The molecule has 1 aliphatic carbocycles. The summed E-state index contributed by atoms with van der Waals surface area (Å²) in [6.07, 6.45) is 8.43. The van der Waals surface area contributed by atoms with Crippen molar-refractivity contribution in [2.75, 3.05) is 32.7 Å². The molecule has 2 unspecified atom stereocenters. The zero-order chi connectivity index (χ0) is 12.4. The van der Waals surface area contributed by atoms with E-state index in [9.17, 15) is 0 Å². The molecule has 0 aromatic heterocycles. The van der Waals surface area contributed by atoms with Crippen molar-refractivity contribution in [2.45, 2.75) is 63.6 Å². The van der Waals surface area contributed by atoms with E-state index in [1.54, 1.807) is 0 Å². The quantitative estimate of drug-likeness (QED) is 0.725. The van der Waals surface area contributed by atoms with Crippen molar-refractivity contribution < 1.29 is 0 Å². The molecule has 0 radical (unpaired) electrons. The molecule has 104 valence electrons. The Bertz CT molecular complexity index is 258. The van der Waals surface area contributed by atoms with Crippen molar-refractivity contribution in [2.24, 2.45) is 0 Å². The summed E-state index contributed by atoms with van der Waals surface area (Å²) in [7, 11) is 0. The van der Waals surface area contributed by atoms with Crippen molar-refractivity contribution in [3.05, 3.63) is 0 Å². The van der Waals surface area contributed by atoms with Crippen LogP contribution in [-0.2, 0) is 0 Å². The van der Waals surface area contributed by atoms with Gasteiger partial charge in [0.25, 0.3) is 0 Å². The average Bonchev–Trinajstić information content (AvgIpc) is 2.94. The first-order valence-corrected chi connectivity index (χ1v) is 8.04. The zero-order valence-electron chi connectivity index (χ0n) is 11.9. The van der Waals surface area contributed by atoms with Crippen LogP contribution in [0.5, 0.6) is 0 Å². The summed E-state index contributed by atoms with van der Waals surface area (Å²) in [5, 5.41) is 3.78. The number of likely N-dealkylation sites (tertiary alicyclic amines) is 2. The van der Waals surface area contributed by atoms with E-state index in [0.717, 1.165) is 18.1 Å². The lowest BCUT2D eigenvalue weighted by atomic mass is 10.2. The van der Waals surface area contributed by atoms with Crippen molar-refractivity contribution in [3.63, 3.8) is 0 Å². The minimum Gasteiger partial charge on any atom is -0.313 e. The first kappa shape index (κ1) is 12.9. The van der Waals surface area contributed by atoms with Crippen LogP contribution in [-0.4, -0.2) is 60.6 Å². The second-order valence-electron chi connectivity index (χ2n) is 6.57. The van der Waals surface area contributed by atoms with E-state index in [1.165, 1.54) is 71.2 Å². The molecule has 3 heteroatoms. The third kappa shape index (κ3) is 3.25. The van der Waals surface area contributed by atoms with E-state index in [2.05, 4.69) is 22.0 Å². The van der Waals surface area contributed by atoms with E-state index in [-0.39, 0.29) is 0 Å². The van der Waals surface area contributed by atoms with Crippen molar-refractivity contribution in [1.29, 1.82) is 0 Å². The van der Waals surface area contributed by atoms with Crippen LogP contribution in [0, 0.1) is 0 Å². The van der Waals surface area contributed by atoms with Gasteiger partial charge in [-0.1, -0.05) is 0 Å². The summed E-state index contributed by atoms with van der Waals surface area (Å²) in [6.45, 7) is 8.92. The maximum absolute atomic E-state index is 3.78. The van der Waals surface area contributed by atoms with E-state index in [4.69, 9.17) is 0 Å². The first-order valence-electron chi connectivity index (χ1n) is 8.04. The van der Waals surface area contributed by atoms with E-state index < -0.39 is 0 Å². The molecule has 3 aliphatic rings. The van der Waals surface area contributed by atoms with Gasteiger partial charge in [-0.15, -0.1) is 0 Å². The van der Waals surface area contributed by atoms with Crippen LogP contribution in [0.4, 0.5) is 0 Å².